The lowest BCUT2D eigenvalue weighted by Gasteiger charge is -2.16. The van der Waals surface area contributed by atoms with E-state index in [9.17, 15) is 14.7 Å². The molecule has 0 unspecified atom stereocenters. The van der Waals surface area contributed by atoms with Gasteiger partial charge in [0.2, 0.25) is 5.82 Å². The minimum absolute atomic E-state index is 0.203. The third-order valence-electron chi connectivity index (χ3n) is 6.04. The average molecular weight is 606 g/mol. The third-order valence-corrected chi connectivity index (χ3v) is 6.73. The summed E-state index contributed by atoms with van der Waals surface area (Å²) < 4.78 is 24.5. The Bertz CT molecular complexity index is 1830. The number of para-hydroxylation sites is 1. The maximum Gasteiger partial charge on any atom is 0.344 e. The van der Waals surface area contributed by atoms with Crippen molar-refractivity contribution in [1.82, 2.24) is 9.66 Å². The number of hydrogen-bond donors (Lipinski definition) is 1. The van der Waals surface area contributed by atoms with Crippen molar-refractivity contribution in [2.75, 3.05) is 13.7 Å². The van der Waals surface area contributed by atoms with E-state index in [1.54, 1.807) is 62.6 Å². The van der Waals surface area contributed by atoms with Crippen LogP contribution in [0.15, 0.2) is 79.4 Å². The van der Waals surface area contributed by atoms with Crippen LogP contribution in [0.4, 0.5) is 0 Å². The van der Waals surface area contributed by atoms with Crippen LogP contribution in [0, 0.1) is 0 Å². The minimum atomic E-state index is -1.11. The number of aromatic nitrogens is 2. The lowest BCUT2D eigenvalue weighted by molar-refractivity contribution is -0.144. The van der Waals surface area contributed by atoms with Crippen molar-refractivity contribution in [3.8, 4) is 28.8 Å². The van der Waals surface area contributed by atoms with Crippen LogP contribution in [-0.2, 0) is 4.79 Å². The van der Waals surface area contributed by atoms with Gasteiger partial charge in [-0.3, -0.25) is 4.79 Å². The van der Waals surface area contributed by atoms with E-state index >= 15 is 0 Å². The summed E-state index contributed by atoms with van der Waals surface area (Å²) in [6.07, 6.45) is 0.388. The van der Waals surface area contributed by atoms with Gasteiger partial charge in [-0.25, -0.2) is 9.78 Å². The molecule has 10 nitrogen and oxygen atoms in total. The quantitative estimate of drug-likeness (QED) is 0.212. The number of carboxylic acids is 1. The van der Waals surface area contributed by atoms with E-state index in [1.807, 2.05) is 12.1 Å². The molecule has 2 aromatic heterocycles. The number of nitrogens with zero attached hydrogens (tertiary/aromatic N) is 3. The molecule has 0 saturated carbocycles. The molecule has 1 atom stereocenters. The molecule has 0 spiro atoms. The molecular weight excluding hydrogens is 582 g/mol. The molecular formula is C29H24BrN3O7. The molecule has 5 rings (SSSR count). The van der Waals surface area contributed by atoms with Crippen LogP contribution >= 0.6 is 15.9 Å². The summed E-state index contributed by atoms with van der Waals surface area (Å²) in [7, 11) is 1.57. The largest absolute Gasteiger partial charge is 0.496 e. The second-order valence-electron chi connectivity index (χ2n) is 8.65. The molecule has 0 amide bonds. The zero-order valence-electron chi connectivity index (χ0n) is 21.8. The van der Waals surface area contributed by atoms with Gasteiger partial charge in [-0.2, -0.15) is 9.78 Å². The zero-order chi connectivity index (χ0) is 28.4. The summed E-state index contributed by atoms with van der Waals surface area (Å²) in [6.45, 7) is 3.55. The van der Waals surface area contributed by atoms with Gasteiger partial charge < -0.3 is 23.7 Å². The topological polar surface area (TPSA) is 125 Å². The van der Waals surface area contributed by atoms with Crippen molar-refractivity contribution >= 4 is 50.0 Å². The SMILES string of the molecule is CCOc1cc(C=Nn2c(-c3cc4c(OC)cccc4o3)nc3ccccc3c2=O)c(Br)cc1O[C@@H](C)C(=O)O. The first-order valence-corrected chi connectivity index (χ1v) is 13.1. The first kappa shape index (κ1) is 26.9. The van der Waals surface area contributed by atoms with Gasteiger partial charge in [0.1, 0.15) is 11.3 Å². The summed E-state index contributed by atoms with van der Waals surface area (Å²) in [4.78, 5) is 29.6. The number of furan rings is 1. The standard InChI is InChI=1S/C29H24BrN3O7/c1-4-38-24-12-17(20(30)14-25(24)39-16(2)29(35)36)15-31-33-27(32-21-9-6-5-8-18(21)28(33)34)26-13-19-22(37-3)10-7-11-23(19)40-26/h5-16H,4H2,1-3H3,(H,35,36)/t16-/m0/s1. The molecule has 0 aliphatic rings. The molecule has 204 valence electrons. The number of carboxylic acid groups (broad SMARTS) is 1. The molecule has 5 aromatic rings. The highest BCUT2D eigenvalue weighted by atomic mass is 79.9. The normalized spacial score (nSPS) is 12.2. The van der Waals surface area contributed by atoms with Gasteiger partial charge in [-0.05, 0) is 72.2 Å². The maximum absolute atomic E-state index is 13.6. The number of hydrogen-bond acceptors (Lipinski definition) is 8. The van der Waals surface area contributed by atoms with E-state index in [1.165, 1.54) is 17.8 Å². The van der Waals surface area contributed by atoms with Crippen LogP contribution in [0.1, 0.15) is 19.4 Å². The Labute approximate surface area is 236 Å². The molecule has 0 bridgehead atoms. The number of fused-ring (bicyclic) bond motifs is 2. The number of carbonyl (C=O) groups is 1. The molecule has 2 heterocycles. The number of rotatable bonds is 9. The highest BCUT2D eigenvalue weighted by Gasteiger charge is 2.20. The van der Waals surface area contributed by atoms with Gasteiger partial charge >= 0.3 is 5.97 Å². The fourth-order valence-corrected chi connectivity index (χ4v) is 4.51. The average Bonchev–Trinajstić information content (AvgIpc) is 3.39. The number of aliphatic carboxylic acids is 1. The van der Waals surface area contributed by atoms with Crippen LogP contribution in [0.3, 0.4) is 0 Å². The Balaban J connectivity index is 1.65. The maximum atomic E-state index is 13.6. The summed E-state index contributed by atoms with van der Waals surface area (Å²) in [5, 5.41) is 14.9. The monoisotopic (exact) mass is 605 g/mol. The van der Waals surface area contributed by atoms with Gasteiger partial charge in [0, 0.05) is 10.0 Å². The molecule has 40 heavy (non-hydrogen) atoms. The van der Waals surface area contributed by atoms with E-state index < -0.39 is 12.1 Å². The Morgan fingerprint density at radius 3 is 2.67 bits per heavy atom. The predicted molar refractivity (Wildman–Crippen MR) is 154 cm³/mol. The number of methoxy groups -OCH3 is 1. The summed E-state index contributed by atoms with van der Waals surface area (Å²) in [5.41, 5.74) is 1.23. The smallest absolute Gasteiger partial charge is 0.344 e. The van der Waals surface area contributed by atoms with Gasteiger partial charge in [-0.1, -0.05) is 18.2 Å². The van der Waals surface area contributed by atoms with E-state index in [4.69, 9.17) is 23.6 Å². The molecule has 1 N–H and O–H groups in total. The van der Waals surface area contributed by atoms with Crippen molar-refractivity contribution in [2.45, 2.75) is 20.0 Å². The number of ether oxygens (including phenoxy) is 3. The van der Waals surface area contributed by atoms with Crippen molar-refractivity contribution < 1.29 is 28.5 Å². The van der Waals surface area contributed by atoms with Gasteiger partial charge in [0.05, 0.1) is 36.2 Å². The molecule has 0 saturated heterocycles. The Hall–Kier alpha value is -4.64. The molecule has 0 aliphatic heterocycles. The lowest BCUT2D eigenvalue weighted by Crippen LogP contribution is -2.23. The van der Waals surface area contributed by atoms with Gasteiger partial charge in [0.25, 0.3) is 5.56 Å². The highest BCUT2D eigenvalue weighted by Crippen LogP contribution is 2.35. The lowest BCUT2D eigenvalue weighted by atomic mass is 10.2. The third kappa shape index (κ3) is 5.15. The molecule has 0 radical (unpaired) electrons. The van der Waals surface area contributed by atoms with E-state index in [0.717, 1.165) is 5.39 Å². The van der Waals surface area contributed by atoms with Crippen molar-refractivity contribution in [1.29, 1.82) is 0 Å². The van der Waals surface area contributed by atoms with Crippen molar-refractivity contribution in [3.63, 3.8) is 0 Å². The number of halogens is 1. The van der Waals surface area contributed by atoms with Crippen LogP contribution in [0.5, 0.6) is 17.2 Å². The highest BCUT2D eigenvalue weighted by molar-refractivity contribution is 9.10. The van der Waals surface area contributed by atoms with Gasteiger partial charge in [-0.15, -0.1) is 0 Å². The first-order valence-electron chi connectivity index (χ1n) is 12.3. The fourth-order valence-electron chi connectivity index (χ4n) is 4.08. The molecule has 11 heteroatoms. The van der Waals surface area contributed by atoms with Crippen LogP contribution in [-0.4, -0.2) is 46.8 Å². The Morgan fingerprint density at radius 2 is 1.93 bits per heavy atom. The number of benzene rings is 3. The Kier molecular flexibility index (Phi) is 7.56. The summed E-state index contributed by atoms with van der Waals surface area (Å²) in [5.74, 6) is 0.631. The first-order chi connectivity index (χ1) is 19.3. The van der Waals surface area contributed by atoms with Crippen LogP contribution < -0.4 is 19.8 Å². The van der Waals surface area contributed by atoms with Crippen LogP contribution in [0.25, 0.3) is 33.5 Å². The van der Waals surface area contributed by atoms with E-state index in [2.05, 4.69) is 21.0 Å². The predicted octanol–water partition coefficient (Wildman–Crippen LogP) is 5.71. The van der Waals surface area contributed by atoms with Crippen molar-refractivity contribution in [3.05, 3.63) is 81.1 Å². The summed E-state index contributed by atoms with van der Waals surface area (Å²) in [6, 6.07) is 17.4. The second kappa shape index (κ2) is 11.2. The van der Waals surface area contributed by atoms with E-state index in [-0.39, 0.29) is 17.1 Å². The molecule has 3 aromatic carbocycles. The fraction of sp³-hybridized carbons (Fsp3) is 0.172. The zero-order valence-corrected chi connectivity index (χ0v) is 23.3. The van der Waals surface area contributed by atoms with Crippen LogP contribution in [0.2, 0.25) is 0 Å². The minimum Gasteiger partial charge on any atom is -0.496 e. The summed E-state index contributed by atoms with van der Waals surface area (Å²) >= 11 is 3.48. The second-order valence-corrected chi connectivity index (χ2v) is 9.50. The molecule has 0 fully saturated rings. The van der Waals surface area contributed by atoms with Crippen molar-refractivity contribution in [2.24, 2.45) is 5.10 Å². The van der Waals surface area contributed by atoms with Gasteiger partial charge in [0.15, 0.2) is 23.4 Å². The van der Waals surface area contributed by atoms with E-state index in [0.29, 0.717) is 50.4 Å². The molecule has 0 aliphatic carbocycles. The Morgan fingerprint density at radius 1 is 1.12 bits per heavy atom.